The molecule has 3 heterocycles. The van der Waals surface area contributed by atoms with E-state index in [1.807, 2.05) is 71.7 Å². The molecular weight excluding hydrogens is 406 g/mol. The molecule has 5 aromatic rings. The van der Waals surface area contributed by atoms with E-state index >= 15 is 0 Å². The molecule has 0 saturated carbocycles. The number of hydrogen-bond acceptors (Lipinski definition) is 4. The Morgan fingerprint density at radius 3 is 2.76 bits per heavy atom. The van der Waals surface area contributed by atoms with Crippen LogP contribution >= 0.6 is 22.9 Å². The molecule has 0 fully saturated rings. The first-order valence-electron chi connectivity index (χ1n) is 9.02. The Hall–Kier alpha value is -3.16. The molecule has 8 heteroatoms. The van der Waals surface area contributed by atoms with Crippen molar-refractivity contribution < 1.29 is 4.79 Å². The summed E-state index contributed by atoms with van der Waals surface area (Å²) >= 11 is 7.71. The Labute approximate surface area is 175 Å². The van der Waals surface area contributed by atoms with Crippen molar-refractivity contribution in [2.75, 3.05) is 0 Å². The maximum Gasteiger partial charge on any atom is 0.269 e. The number of fused-ring (bicyclic) bond motifs is 2. The molecular formula is C21H16ClN5OS. The number of amides is 1. The molecule has 3 aromatic heterocycles. The van der Waals surface area contributed by atoms with Gasteiger partial charge >= 0.3 is 0 Å². The number of halogens is 1. The topological polar surface area (TPSA) is 64.2 Å². The molecule has 6 nitrogen and oxygen atoms in total. The van der Waals surface area contributed by atoms with Gasteiger partial charge in [-0.05, 0) is 18.2 Å². The summed E-state index contributed by atoms with van der Waals surface area (Å²) in [7, 11) is 1.95. The molecule has 1 N–H and O–H groups in total. The van der Waals surface area contributed by atoms with Gasteiger partial charge in [0, 0.05) is 24.2 Å². The van der Waals surface area contributed by atoms with Crippen LogP contribution in [0.5, 0.6) is 0 Å². The van der Waals surface area contributed by atoms with Crippen LogP contribution in [0.4, 0.5) is 0 Å². The van der Waals surface area contributed by atoms with E-state index < -0.39 is 0 Å². The average Bonchev–Trinajstić information content (AvgIpc) is 3.40. The predicted molar refractivity (Wildman–Crippen MR) is 115 cm³/mol. The molecule has 0 bridgehead atoms. The van der Waals surface area contributed by atoms with E-state index in [1.165, 1.54) is 11.3 Å². The van der Waals surface area contributed by atoms with Gasteiger partial charge in [-0.25, -0.2) is 9.97 Å². The number of rotatable bonds is 4. The SMILES string of the molecule is Cn1c(CNC(=O)c2csc3nc(-c4ccccc4Cl)cn23)nc2ccccc21. The standard InChI is InChI=1S/C21H16ClN5OS/c1-26-17-9-5-4-8-15(17)24-19(26)10-23-20(28)18-12-29-21-25-16(11-27(18)21)13-6-2-3-7-14(13)22/h2-9,11-12H,10H2,1H3,(H,23,28). The molecule has 144 valence electrons. The molecule has 0 unspecified atom stereocenters. The van der Waals surface area contributed by atoms with Gasteiger partial charge in [0.1, 0.15) is 11.5 Å². The third-order valence-electron chi connectivity index (χ3n) is 4.88. The van der Waals surface area contributed by atoms with Gasteiger partial charge in [-0.1, -0.05) is 41.9 Å². The van der Waals surface area contributed by atoms with E-state index in [2.05, 4.69) is 15.3 Å². The van der Waals surface area contributed by atoms with E-state index in [1.54, 1.807) is 4.40 Å². The van der Waals surface area contributed by atoms with Crippen LogP contribution in [0.2, 0.25) is 5.02 Å². The number of hydrogen-bond donors (Lipinski definition) is 1. The highest BCUT2D eigenvalue weighted by Crippen LogP contribution is 2.29. The minimum Gasteiger partial charge on any atom is -0.343 e. The Morgan fingerprint density at radius 2 is 1.93 bits per heavy atom. The van der Waals surface area contributed by atoms with E-state index in [4.69, 9.17) is 11.6 Å². The lowest BCUT2D eigenvalue weighted by atomic mass is 10.2. The summed E-state index contributed by atoms with van der Waals surface area (Å²) in [6.07, 6.45) is 1.84. The molecule has 0 spiro atoms. The summed E-state index contributed by atoms with van der Waals surface area (Å²) in [6.45, 7) is 0.341. The van der Waals surface area contributed by atoms with E-state index in [0.717, 1.165) is 33.1 Å². The van der Waals surface area contributed by atoms with E-state index in [9.17, 15) is 4.79 Å². The van der Waals surface area contributed by atoms with Gasteiger partial charge in [0.05, 0.1) is 28.3 Å². The maximum atomic E-state index is 12.8. The maximum absolute atomic E-state index is 12.8. The number of nitrogens with zero attached hydrogens (tertiary/aromatic N) is 4. The normalized spacial score (nSPS) is 11.4. The number of nitrogens with one attached hydrogen (secondary N) is 1. The lowest BCUT2D eigenvalue weighted by Crippen LogP contribution is -2.25. The van der Waals surface area contributed by atoms with Crippen LogP contribution in [0, 0.1) is 0 Å². The van der Waals surface area contributed by atoms with Gasteiger partial charge in [0.25, 0.3) is 5.91 Å². The number of para-hydroxylation sites is 2. The van der Waals surface area contributed by atoms with Crippen molar-refractivity contribution in [1.29, 1.82) is 0 Å². The van der Waals surface area contributed by atoms with Crippen molar-refractivity contribution in [3.63, 3.8) is 0 Å². The molecule has 0 saturated heterocycles. The largest absolute Gasteiger partial charge is 0.343 e. The first-order valence-corrected chi connectivity index (χ1v) is 10.3. The summed E-state index contributed by atoms with van der Waals surface area (Å²) in [4.78, 5) is 22.8. The molecule has 0 atom stereocenters. The van der Waals surface area contributed by atoms with E-state index in [0.29, 0.717) is 17.3 Å². The fourth-order valence-corrected chi connectivity index (χ4v) is 4.44. The third kappa shape index (κ3) is 3.08. The van der Waals surface area contributed by atoms with Crippen LogP contribution in [-0.4, -0.2) is 24.8 Å². The quantitative estimate of drug-likeness (QED) is 0.463. The van der Waals surface area contributed by atoms with Crippen molar-refractivity contribution in [2.45, 2.75) is 6.54 Å². The smallest absolute Gasteiger partial charge is 0.269 e. The summed E-state index contributed by atoms with van der Waals surface area (Å²) in [5.74, 6) is 0.625. The second-order valence-corrected chi connectivity index (χ2v) is 7.88. The summed E-state index contributed by atoms with van der Waals surface area (Å²) in [5, 5.41) is 5.40. The van der Waals surface area contributed by atoms with Gasteiger partial charge in [-0.2, -0.15) is 0 Å². The van der Waals surface area contributed by atoms with Crippen LogP contribution in [0.15, 0.2) is 60.1 Å². The predicted octanol–water partition coefficient (Wildman–Crippen LogP) is 4.53. The van der Waals surface area contributed by atoms with Crippen LogP contribution in [-0.2, 0) is 13.6 Å². The number of carbonyl (C=O) groups excluding carboxylic acids is 1. The number of thiazole rings is 1. The minimum absolute atomic E-state index is 0.175. The highest BCUT2D eigenvalue weighted by molar-refractivity contribution is 7.15. The zero-order chi connectivity index (χ0) is 20.0. The first kappa shape index (κ1) is 17.9. The zero-order valence-corrected chi connectivity index (χ0v) is 17.0. The lowest BCUT2D eigenvalue weighted by Gasteiger charge is -2.05. The Balaban J connectivity index is 1.41. The fourth-order valence-electron chi connectivity index (χ4n) is 3.35. The lowest BCUT2D eigenvalue weighted by molar-refractivity contribution is 0.0944. The van der Waals surface area contributed by atoms with Crippen LogP contribution in [0.25, 0.3) is 27.3 Å². The second-order valence-electron chi connectivity index (χ2n) is 6.64. The van der Waals surface area contributed by atoms with Gasteiger partial charge in [0.15, 0.2) is 4.96 Å². The van der Waals surface area contributed by atoms with Gasteiger partial charge in [-0.15, -0.1) is 11.3 Å². The summed E-state index contributed by atoms with van der Waals surface area (Å²) < 4.78 is 3.79. The average molecular weight is 422 g/mol. The summed E-state index contributed by atoms with van der Waals surface area (Å²) in [6, 6.07) is 15.4. The van der Waals surface area contributed by atoms with E-state index in [-0.39, 0.29) is 5.91 Å². The molecule has 29 heavy (non-hydrogen) atoms. The monoisotopic (exact) mass is 421 g/mol. The Bertz CT molecular complexity index is 1370. The van der Waals surface area contributed by atoms with Crippen molar-refractivity contribution in [3.8, 4) is 11.3 Å². The van der Waals surface area contributed by atoms with Gasteiger partial charge < -0.3 is 9.88 Å². The molecule has 0 radical (unpaired) electrons. The number of aryl methyl sites for hydroxylation is 1. The second kappa shape index (κ2) is 7.02. The van der Waals surface area contributed by atoms with Crippen molar-refractivity contribution in [1.82, 2.24) is 24.3 Å². The van der Waals surface area contributed by atoms with Crippen molar-refractivity contribution >= 4 is 44.8 Å². The van der Waals surface area contributed by atoms with Crippen molar-refractivity contribution in [2.24, 2.45) is 7.05 Å². The molecule has 1 amide bonds. The van der Waals surface area contributed by atoms with Gasteiger partial charge in [-0.3, -0.25) is 9.20 Å². The number of aromatic nitrogens is 4. The minimum atomic E-state index is -0.175. The highest BCUT2D eigenvalue weighted by Gasteiger charge is 2.17. The summed E-state index contributed by atoms with van der Waals surface area (Å²) in [5.41, 5.74) is 4.07. The molecule has 0 aliphatic rings. The molecule has 0 aliphatic carbocycles. The number of carbonyl (C=O) groups is 1. The number of imidazole rings is 2. The Kier molecular flexibility index (Phi) is 4.34. The van der Waals surface area contributed by atoms with Crippen LogP contribution in [0.1, 0.15) is 16.3 Å². The molecule has 2 aromatic carbocycles. The molecule has 0 aliphatic heterocycles. The number of benzene rings is 2. The fraction of sp³-hybridized carbons (Fsp3) is 0.0952. The van der Waals surface area contributed by atoms with Crippen molar-refractivity contribution in [3.05, 3.63) is 76.6 Å². The Morgan fingerprint density at radius 1 is 1.14 bits per heavy atom. The third-order valence-corrected chi connectivity index (χ3v) is 6.05. The first-order chi connectivity index (χ1) is 14.1. The van der Waals surface area contributed by atoms with Crippen LogP contribution < -0.4 is 5.32 Å². The van der Waals surface area contributed by atoms with Crippen LogP contribution in [0.3, 0.4) is 0 Å². The highest BCUT2D eigenvalue weighted by atomic mass is 35.5. The molecule has 5 rings (SSSR count). The van der Waals surface area contributed by atoms with Gasteiger partial charge in [0.2, 0.25) is 0 Å². The zero-order valence-electron chi connectivity index (χ0n) is 15.5.